The molecular weight excluding hydrogens is 365 g/mol. The first-order valence-electron chi connectivity index (χ1n) is 8.07. The van der Waals surface area contributed by atoms with Crippen LogP contribution in [0, 0.1) is 6.92 Å². The van der Waals surface area contributed by atoms with E-state index >= 15 is 0 Å². The van der Waals surface area contributed by atoms with Gasteiger partial charge in [-0.2, -0.15) is 0 Å². The minimum absolute atomic E-state index is 0. The third-order valence-electron chi connectivity index (χ3n) is 4.12. The van der Waals surface area contributed by atoms with Crippen LogP contribution in [0.2, 0.25) is 5.02 Å². The van der Waals surface area contributed by atoms with Gasteiger partial charge in [0.15, 0.2) is 5.82 Å². The normalized spacial score (nSPS) is 10.4. The monoisotopic (exact) mass is 380 g/mol. The lowest BCUT2D eigenvalue weighted by atomic mass is 10.1. The SMILES string of the molecule is Cc1ccccc1Nc1nc(-c2ccccc2Cl)nc2ccccc12.[Cl-]. The highest BCUT2D eigenvalue weighted by Gasteiger charge is 2.12. The highest BCUT2D eigenvalue weighted by Crippen LogP contribution is 2.31. The van der Waals surface area contributed by atoms with E-state index in [2.05, 4.69) is 18.3 Å². The Balaban J connectivity index is 0.00000196. The topological polar surface area (TPSA) is 37.8 Å². The molecule has 1 aromatic heterocycles. The predicted octanol–water partition coefficient (Wildman–Crippen LogP) is 3.01. The first kappa shape index (κ1) is 18.2. The number of hydrogen-bond acceptors (Lipinski definition) is 3. The van der Waals surface area contributed by atoms with Gasteiger partial charge in [-0.15, -0.1) is 0 Å². The van der Waals surface area contributed by atoms with Crippen LogP contribution in [-0.4, -0.2) is 9.97 Å². The smallest absolute Gasteiger partial charge is 0.163 e. The molecule has 0 unspecified atom stereocenters. The van der Waals surface area contributed by atoms with Crippen molar-refractivity contribution in [3.8, 4) is 11.4 Å². The molecule has 4 aromatic rings. The van der Waals surface area contributed by atoms with E-state index in [4.69, 9.17) is 21.6 Å². The fourth-order valence-corrected chi connectivity index (χ4v) is 3.00. The molecule has 0 spiro atoms. The largest absolute Gasteiger partial charge is 1.00 e. The van der Waals surface area contributed by atoms with Crippen molar-refractivity contribution in [3.05, 3.63) is 83.4 Å². The van der Waals surface area contributed by atoms with Gasteiger partial charge in [0, 0.05) is 16.6 Å². The van der Waals surface area contributed by atoms with Gasteiger partial charge in [0.1, 0.15) is 5.82 Å². The van der Waals surface area contributed by atoms with Crippen LogP contribution in [0.25, 0.3) is 22.3 Å². The van der Waals surface area contributed by atoms with Crippen LogP contribution in [0.15, 0.2) is 72.8 Å². The second kappa shape index (κ2) is 7.73. The maximum absolute atomic E-state index is 6.35. The lowest BCUT2D eigenvalue weighted by Crippen LogP contribution is -3.00. The Hall–Kier alpha value is -2.62. The molecule has 0 radical (unpaired) electrons. The summed E-state index contributed by atoms with van der Waals surface area (Å²) in [6.07, 6.45) is 0. The van der Waals surface area contributed by atoms with Gasteiger partial charge in [0.2, 0.25) is 0 Å². The number of rotatable bonds is 3. The lowest BCUT2D eigenvalue weighted by molar-refractivity contribution is -0.00000497. The van der Waals surface area contributed by atoms with Crippen molar-refractivity contribution in [2.75, 3.05) is 5.32 Å². The van der Waals surface area contributed by atoms with E-state index in [0.29, 0.717) is 10.8 Å². The molecule has 0 atom stereocenters. The minimum atomic E-state index is 0. The molecule has 130 valence electrons. The van der Waals surface area contributed by atoms with Gasteiger partial charge in [0.05, 0.1) is 10.5 Å². The number of anilines is 2. The first-order valence-corrected chi connectivity index (χ1v) is 8.44. The van der Waals surface area contributed by atoms with Crippen LogP contribution in [0.1, 0.15) is 5.56 Å². The summed E-state index contributed by atoms with van der Waals surface area (Å²) in [4.78, 5) is 9.46. The summed E-state index contributed by atoms with van der Waals surface area (Å²) in [6.45, 7) is 2.07. The fraction of sp³-hybridized carbons (Fsp3) is 0.0476. The molecule has 3 aromatic carbocycles. The Kier molecular flexibility index (Phi) is 5.40. The molecule has 0 saturated carbocycles. The molecule has 5 heteroatoms. The zero-order valence-electron chi connectivity index (χ0n) is 14.1. The van der Waals surface area contributed by atoms with Gasteiger partial charge < -0.3 is 17.7 Å². The number of aryl methyl sites for hydroxylation is 1. The highest BCUT2D eigenvalue weighted by molar-refractivity contribution is 6.33. The van der Waals surface area contributed by atoms with E-state index in [1.54, 1.807) is 0 Å². The van der Waals surface area contributed by atoms with Crippen LogP contribution >= 0.6 is 11.6 Å². The van der Waals surface area contributed by atoms with Gasteiger partial charge in [-0.3, -0.25) is 0 Å². The van der Waals surface area contributed by atoms with E-state index in [1.165, 1.54) is 0 Å². The number of aromatic nitrogens is 2. The summed E-state index contributed by atoms with van der Waals surface area (Å²) in [5.41, 5.74) is 3.88. The molecule has 0 aliphatic rings. The molecule has 0 saturated heterocycles. The number of para-hydroxylation sites is 2. The molecule has 4 rings (SSSR count). The average Bonchev–Trinajstić information content (AvgIpc) is 2.64. The van der Waals surface area contributed by atoms with Crippen molar-refractivity contribution in [2.24, 2.45) is 0 Å². The van der Waals surface area contributed by atoms with Crippen molar-refractivity contribution in [3.63, 3.8) is 0 Å². The molecule has 0 fully saturated rings. The summed E-state index contributed by atoms with van der Waals surface area (Å²) in [7, 11) is 0. The van der Waals surface area contributed by atoms with Crippen molar-refractivity contribution < 1.29 is 12.4 Å². The van der Waals surface area contributed by atoms with Gasteiger partial charge in [0.25, 0.3) is 0 Å². The molecule has 1 heterocycles. The van der Waals surface area contributed by atoms with E-state index in [1.807, 2.05) is 66.7 Å². The summed E-state index contributed by atoms with van der Waals surface area (Å²) >= 11 is 6.35. The Labute approximate surface area is 163 Å². The number of nitrogens with zero attached hydrogens (tertiary/aromatic N) is 2. The molecule has 26 heavy (non-hydrogen) atoms. The average molecular weight is 381 g/mol. The van der Waals surface area contributed by atoms with Crippen LogP contribution in [0.5, 0.6) is 0 Å². The zero-order chi connectivity index (χ0) is 17.2. The Morgan fingerprint density at radius 2 is 1.50 bits per heavy atom. The third-order valence-corrected chi connectivity index (χ3v) is 4.45. The van der Waals surface area contributed by atoms with Crippen LogP contribution in [0.3, 0.4) is 0 Å². The molecular formula is C21H16Cl2N3-. The molecule has 0 aliphatic carbocycles. The lowest BCUT2D eigenvalue weighted by Gasteiger charge is -2.13. The van der Waals surface area contributed by atoms with E-state index in [-0.39, 0.29) is 12.4 Å². The molecule has 1 N–H and O–H groups in total. The summed E-state index contributed by atoms with van der Waals surface area (Å²) in [5.74, 6) is 1.38. The van der Waals surface area contributed by atoms with Crippen molar-refractivity contribution in [1.82, 2.24) is 9.97 Å². The molecule has 0 bridgehead atoms. The summed E-state index contributed by atoms with van der Waals surface area (Å²) < 4.78 is 0. The van der Waals surface area contributed by atoms with Gasteiger partial charge in [-0.25, -0.2) is 9.97 Å². The van der Waals surface area contributed by atoms with Gasteiger partial charge >= 0.3 is 0 Å². The van der Waals surface area contributed by atoms with Crippen LogP contribution < -0.4 is 17.7 Å². The second-order valence-corrected chi connectivity index (χ2v) is 6.24. The number of hydrogen-bond donors (Lipinski definition) is 1. The third kappa shape index (κ3) is 3.50. The van der Waals surface area contributed by atoms with E-state index in [9.17, 15) is 0 Å². The molecule has 0 aliphatic heterocycles. The quantitative estimate of drug-likeness (QED) is 0.593. The number of fused-ring (bicyclic) bond motifs is 1. The standard InChI is InChI=1S/C21H16ClN3.ClH/c1-14-8-2-6-12-18(14)23-21-16-10-4-7-13-19(16)24-20(25-21)15-9-3-5-11-17(15)22;/h2-13H,1H3,(H,23,24,25);1H/p-1. The molecule has 0 amide bonds. The van der Waals surface area contributed by atoms with E-state index in [0.717, 1.165) is 33.5 Å². The number of nitrogens with one attached hydrogen (secondary N) is 1. The second-order valence-electron chi connectivity index (χ2n) is 5.83. The van der Waals surface area contributed by atoms with E-state index < -0.39 is 0 Å². The zero-order valence-corrected chi connectivity index (χ0v) is 15.6. The maximum Gasteiger partial charge on any atom is 0.163 e. The Morgan fingerprint density at radius 3 is 2.31 bits per heavy atom. The van der Waals surface area contributed by atoms with Gasteiger partial charge in [-0.1, -0.05) is 54.1 Å². The number of benzene rings is 3. The maximum atomic E-state index is 6.35. The fourth-order valence-electron chi connectivity index (χ4n) is 2.78. The predicted molar refractivity (Wildman–Crippen MR) is 104 cm³/mol. The highest BCUT2D eigenvalue weighted by atomic mass is 35.5. The Bertz CT molecular complexity index is 1060. The van der Waals surface area contributed by atoms with Crippen LogP contribution in [0.4, 0.5) is 11.5 Å². The van der Waals surface area contributed by atoms with Crippen molar-refractivity contribution in [2.45, 2.75) is 6.92 Å². The summed E-state index contributed by atoms with van der Waals surface area (Å²) in [6, 6.07) is 23.7. The van der Waals surface area contributed by atoms with Crippen molar-refractivity contribution >= 4 is 34.0 Å². The molecule has 3 nitrogen and oxygen atoms in total. The number of halogens is 2. The van der Waals surface area contributed by atoms with Crippen LogP contribution in [-0.2, 0) is 0 Å². The van der Waals surface area contributed by atoms with Crippen molar-refractivity contribution in [1.29, 1.82) is 0 Å². The summed E-state index contributed by atoms with van der Waals surface area (Å²) in [5, 5.41) is 5.06. The minimum Gasteiger partial charge on any atom is -1.00 e. The van der Waals surface area contributed by atoms with Gasteiger partial charge in [-0.05, 0) is 42.8 Å². The Morgan fingerprint density at radius 1 is 0.808 bits per heavy atom. The first-order chi connectivity index (χ1) is 12.2.